The second-order valence-electron chi connectivity index (χ2n) is 13.0. The summed E-state index contributed by atoms with van der Waals surface area (Å²) in [5.41, 5.74) is 0.784. The molecule has 1 aromatic carbocycles. The molecule has 0 radical (unpaired) electrons. The van der Waals surface area contributed by atoms with Gasteiger partial charge in [-0.1, -0.05) is 105 Å². The molecule has 30 heavy (non-hydrogen) atoms. The Morgan fingerprint density at radius 1 is 0.833 bits per heavy atom. The maximum atomic E-state index is 6.35. The lowest BCUT2D eigenvalue weighted by Crippen LogP contribution is -2.40. The summed E-state index contributed by atoms with van der Waals surface area (Å²) in [5, 5.41) is 1.53. The van der Waals surface area contributed by atoms with Crippen LogP contribution in [0.2, 0.25) is 19.1 Å². The maximum Gasteiger partial charge on any atom is 0.119 e. The second-order valence-corrected chi connectivity index (χ2v) is 18.1. The van der Waals surface area contributed by atoms with E-state index in [1.54, 1.807) is 0 Å². The van der Waals surface area contributed by atoms with Gasteiger partial charge >= 0.3 is 0 Å². The van der Waals surface area contributed by atoms with Crippen LogP contribution < -0.4 is 9.92 Å². The Morgan fingerprint density at radius 2 is 1.37 bits per heavy atom. The molecule has 0 N–H and O–H groups in total. The van der Waals surface area contributed by atoms with Crippen LogP contribution >= 0.6 is 0 Å². The van der Waals surface area contributed by atoms with Gasteiger partial charge < -0.3 is 4.74 Å². The topological polar surface area (TPSA) is 9.23 Å². The number of rotatable bonds is 11. The van der Waals surface area contributed by atoms with Gasteiger partial charge in [-0.2, -0.15) is 0 Å². The highest BCUT2D eigenvalue weighted by atomic mass is 28.3. The van der Waals surface area contributed by atoms with Gasteiger partial charge in [-0.3, -0.25) is 0 Å². The molecule has 0 aliphatic heterocycles. The zero-order valence-electron chi connectivity index (χ0n) is 22.2. The Kier molecular flexibility index (Phi) is 10.2. The van der Waals surface area contributed by atoms with Crippen LogP contribution in [0.15, 0.2) is 24.3 Å². The highest BCUT2D eigenvalue weighted by molar-refractivity contribution is 6.89. The van der Waals surface area contributed by atoms with E-state index in [1.807, 2.05) is 0 Å². The fourth-order valence-electron chi connectivity index (χ4n) is 4.72. The first-order chi connectivity index (χ1) is 13.6. The molecular weight excluding hydrogens is 380 g/mol. The number of benzene rings is 1. The molecule has 0 bridgehead atoms. The molecule has 0 saturated heterocycles. The third-order valence-electron chi connectivity index (χ3n) is 6.71. The molecule has 0 aliphatic rings. The molecule has 1 aromatic rings. The van der Waals surface area contributed by atoms with Crippen LogP contribution in [0.4, 0.5) is 0 Å². The molecule has 0 saturated carbocycles. The van der Waals surface area contributed by atoms with E-state index in [-0.39, 0.29) is 0 Å². The van der Waals surface area contributed by atoms with Crippen LogP contribution in [0.25, 0.3) is 0 Å². The Hall–Kier alpha value is -0.763. The van der Waals surface area contributed by atoms with Gasteiger partial charge in [0.1, 0.15) is 5.75 Å². The summed E-state index contributed by atoms with van der Waals surface area (Å²) in [6.07, 6.45) is 5.12. The van der Waals surface area contributed by atoms with Crippen LogP contribution in [0.3, 0.4) is 0 Å². The standard InChI is InChI=1S/C28H52OSi/c1-12-30(10,11)26-17-15-25(16-18-26)29-21-24(23(3)20-28(7,8)9)14-13-22(2)19-27(4,5)6/h15-18,22-24H,12-14,19-21H2,1-11H3. The van der Waals surface area contributed by atoms with Crippen molar-refractivity contribution in [3.63, 3.8) is 0 Å². The highest BCUT2D eigenvalue weighted by Crippen LogP contribution is 2.34. The van der Waals surface area contributed by atoms with Crippen molar-refractivity contribution in [3.8, 4) is 5.75 Å². The smallest absolute Gasteiger partial charge is 0.119 e. The van der Waals surface area contributed by atoms with E-state index < -0.39 is 8.07 Å². The van der Waals surface area contributed by atoms with Crippen molar-refractivity contribution in [2.75, 3.05) is 6.61 Å². The molecule has 0 aromatic heterocycles. The molecule has 2 heteroatoms. The largest absolute Gasteiger partial charge is 0.493 e. The highest BCUT2D eigenvalue weighted by Gasteiger charge is 2.25. The van der Waals surface area contributed by atoms with E-state index in [2.05, 4.69) is 99.7 Å². The van der Waals surface area contributed by atoms with Crippen molar-refractivity contribution in [2.24, 2.45) is 28.6 Å². The quantitative estimate of drug-likeness (QED) is 0.318. The molecule has 0 fully saturated rings. The number of hydrogen-bond donors (Lipinski definition) is 0. The van der Waals surface area contributed by atoms with Crippen LogP contribution in [0.5, 0.6) is 5.75 Å². The minimum atomic E-state index is -1.27. The summed E-state index contributed by atoms with van der Waals surface area (Å²) in [6, 6.07) is 10.3. The monoisotopic (exact) mass is 432 g/mol. The summed E-state index contributed by atoms with van der Waals surface area (Å²) >= 11 is 0. The van der Waals surface area contributed by atoms with Crippen molar-refractivity contribution in [3.05, 3.63) is 24.3 Å². The predicted octanol–water partition coefficient (Wildman–Crippen LogP) is 8.54. The minimum Gasteiger partial charge on any atom is -0.493 e. The third kappa shape index (κ3) is 10.5. The first-order valence-corrected chi connectivity index (χ1v) is 15.6. The fraction of sp³-hybridized carbons (Fsp3) is 0.786. The van der Waals surface area contributed by atoms with Crippen molar-refractivity contribution >= 4 is 13.3 Å². The van der Waals surface area contributed by atoms with Crippen LogP contribution in [-0.4, -0.2) is 14.7 Å². The van der Waals surface area contributed by atoms with Gasteiger partial charge in [0.15, 0.2) is 0 Å². The van der Waals surface area contributed by atoms with E-state index in [4.69, 9.17) is 4.74 Å². The first-order valence-electron chi connectivity index (χ1n) is 12.4. The Morgan fingerprint density at radius 3 is 1.83 bits per heavy atom. The Labute approximate surface area is 190 Å². The molecule has 0 amide bonds. The average molecular weight is 433 g/mol. The second kappa shape index (κ2) is 11.2. The predicted molar refractivity (Wildman–Crippen MR) is 139 cm³/mol. The van der Waals surface area contributed by atoms with Crippen molar-refractivity contribution in [1.29, 1.82) is 0 Å². The van der Waals surface area contributed by atoms with Gasteiger partial charge in [-0.05, 0) is 60.0 Å². The maximum absolute atomic E-state index is 6.35. The molecular formula is C28H52OSi. The van der Waals surface area contributed by atoms with Gasteiger partial charge in [0.2, 0.25) is 0 Å². The van der Waals surface area contributed by atoms with Crippen molar-refractivity contribution in [1.82, 2.24) is 0 Å². The van der Waals surface area contributed by atoms with E-state index in [0.29, 0.717) is 22.7 Å². The van der Waals surface area contributed by atoms with Gasteiger partial charge in [0, 0.05) is 0 Å². The lowest BCUT2D eigenvalue weighted by molar-refractivity contribution is 0.147. The summed E-state index contributed by atoms with van der Waals surface area (Å²) < 4.78 is 6.35. The minimum absolute atomic E-state index is 0.368. The van der Waals surface area contributed by atoms with Gasteiger partial charge in [0.05, 0.1) is 14.7 Å². The van der Waals surface area contributed by atoms with Crippen LogP contribution in [-0.2, 0) is 0 Å². The molecule has 3 atom stereocenters. The van der Waals surface area contributed by atoms with Crippen LogP contribution in [0.1, 0.15) is 88.0 Å². The van der Waals surface area contributed by atoms with E-state index in [0.717, 1.165) is 18.3 Å². The first kappa shape index (κ1) is 27.3. The molecule has 0 aliphatic carbocycles. The van der Waals surface area contributed by atoms with Crippen molar-refractivity contribution in [2.45, 2.75) is 107 Å². The van der Waals surface area contributed by atoms with Gasteiger partial charge in [0.25, 0.3) is 0 Å². The van der Waals surface area contributed by atoms with Crippen LogP contribution in [0, 0.1) is 28.6 Å². The fourth-order valence-corrected chi connectivity index (χ4v) is 6.20. The van der Waals surface area contributed by atoms with E-state index in [1.165, 1.54) is 36.9 Å². The molecule has 1 nitrogen and oxygen atoms in total. The average Bonchev–Trinajstić information content (AvgIpc) is 2.59. The Bertz CT molecular complexity index is 603. The lowest BCUT2D eigenvalue weighted by atomic mass is 9.76. The number of ether oxygens (including phenoxy) is 1. The normalized spacial score (nSPS) is 16.2. The molecule has 3 unspecified atom stereocenters. The lowest BCUT2D eigenvalue weighted by Gasteiger charge is -2.31. The Balaban J connectivity index is 2.77. The summed E-state index contributed by atoms with van der Waals surface area (Å²) in [6.45, 7) is 27.1. The molecule has 0 spiro atoms. The molecule has 174 valence electrons. The zero-order valence-corrected chi connectivity index (χ0v) is 23.2. The van der Waals surface area contributed by atoms with E-state index in [9.17, 15) is 0 Å². The zero-order chi connectivity index (χ0) is 23.2. The molecule has 1 rings (SSSR count). The number of hydrogen-bond acceptors (Lipinski definition) is 1. The summed E-state index contributed by atoms with van der Waals surface area (Å²) in [7, 11) is -1.27. The SMILES string of the molecule is CC[Si](C)(C)c1ccc(OCC(CCC(C)CC(C)(C)C)C(C)CC(C)(C)C)cc1. The van der Waals surface area contributed by atoms with Gasteiger partial charge in [-0.25, -0.2) is 0 Å². The third-order valence-corrected chi connectivity index (χ3v) is 10.4. The van der Waals surface area contributed by atoms with E-state index >= 15 is 0 Å². The summed E-state index contributed by atoms with van der Waals surface area (Å²) in [5.74, 6) is 3.11. The summed E-state index contributed by atoms with van der Waals surface area (Å²) in [4.78, 5) is 0. The van der Waals surface area contributed by atoms with Gasteiger partial charge in [-0.15, -0.1) is 0 Å². The van der Waals surface area contributed by atoms with Crippen molar-refractivity contribution < 1.29 is 4.74 Å². The molecule has 0 heterocycles.